The van der Waals surface area contributed by atoms with Crippen molar-refractivity contribution >= 4 is 38.5 Å². The second kappa shape index (κ2) is 4.05. The standard InChI is InChI=1S/C9H9BrFI/c1-5(2)6-3-4-7(10)9(12)8(6)11/h3-5H,1-2H3. The molecule has 1 rings (SSSR count). The maximum atomic E-state index is 13.5. The summed E-state index contributed by atoms with van der Waals surface area (Å²) >= 11 is 5.29. The van der Waals surface area contributed by atoms with Crippen molar-refractivity contribution in [2.24, 2.45) is 0 Å². The molecule has 0 saturated heterocycles. The summed E-state index contributed by atoms with van der Waals surface area (Å²) in [6.07, 6.45) is 0. The van der Waals surface area contributed by atoms with Crippen LogP contribution in [0.4, 0.5) is 4.39 Å². The van der Waals surface area contributed by atoms with Gasteiger partial charge in [-0.15, -0.1) is 0 Å². The van der Waals surface area contributed by atoms with E-state index in [0.717, 1.165) is 10.0 Å². The molecule has 66 valence electrons. The summed E-state index contributed by atoms with van der Waals surface area (Å²) in [7, 11) is 0. The van der Waals surface area contributed by atoms with Crippen LogP contribution >= 0.6 is 38.5 Å². The van der Waals surface area contributed by atoms with Crippen LogP contribution in [0, 0.1) is 9.39 Å². The predicted octanol–water partition coefficient (Wildman–Crippen LogP) is 4.32. The monoisotopic (exact) mass is 342 g/mol. The van der Waals surface area contributed by atoms with E-state index in [4.69, 9.17) is 0 Å². The third-order valence-electron chi connectivity index (χ3n) is 1.69. The molecule has 0 radical (unpaired) electrons. The van der Waals surface area contributed by atoms with Gasteiger partial charge in [-0.2, -0.15) is 0 Å². The maximum absolute atomic E-state index is 13.5. The number of halogens is 3. The molecule has 0 aliphatic carbocycles. The van der Waals surface area contributed by atoms with Crippen LogP contribution < -0.4 is 0 Å². The van der Waals surface area contributed by atoms with Gasteiger partial charge in [0.05, 0.1) is 3.57 Å². The quantitative estimate of drug-likeness (QED) is 0.527. The van der Waals surface area contributed by atoms with Gasteiger partial charge >= 0.3 is 0 Å². The molecule has 0 atom stereocenters. The van der Waals surface area contributed by atoms with Gasteiger partial charge in [0.1, 0.15) is 5.82 Å². The highest BCUT2D eigenvalue weighted by Gasteiger charge is 2.11. The summed E-state index contributed by atoms with van der Waals surface area (Å²) < 4.78 is 15.0. The summed E-state index contributed by atoms with van der Waals surface area (Å²) in [5.74, 6) is 0.145. The molecule has 1 aromatic carbocycles. The van der Waals surface area contributed by atoms with Crippen LogP contribution in [0.5, 0.6) is 0 Å². The van der Waals surface area contributed by atoms with Crippen LogP contribution in [-0.4, -0.2) is 0 Å². The lowest BCUT2D eigenvalue weighted by atomic mass is 10.0. The van der Waals surface area contributed by atoms with Gasteiger partial charge in [-0.05, 0) is 56.1 Å². The van der Waals surface area contributed by atoms with Crippen molar-refractivity contribution in [2.75, 3.05) is 0 Å². The van der Waals surface area contributed by atoms with Crippen LogP contribution in [0.1, 0.15) is 25.3 Å². The van der Waals surface area contributed by atoms with Gasteiger partial charge in [-0.1, -0.05) is 19.9 Å². The molecule has 0 fully saturated rings. The summed E-state index contributed by atoms with van der Waals surface area (Å²) in [6.45, 7) is 3.98. The lowest BCUT2D eigenvalue weighted by Gasteiger charge is -2.08. The lowest BCUT2D eigenvalue weighted by Crippen LogP contribution is -1.95. The fourth-order valence-corrected chi connectivity index (χ4v) is 1.78. The van der Waals surface area contributed by atoms with Crippen molar-refractivity contribution in [3.63, 3.8) is 0 Å². The molecular formula is C9H9BrFI. The summed E-state index contributed by atoms with van der Waals surface area (Å²) in [6, 6.07) is 3.71. The van der Waals surface area contributed by atoms with E-state index in [-0.39, 0.29) is 11.7 Å². The predicted molar refractivity (Wildman–Crippen MR) is 60.9 cm³/mol. The normalized spacial score (nSPS) is 10.8. The van der Waals surface area contributed by atoms with E-state index in [9.17, 15) is 4.39 Å². The van der Waals surface area contributed by atoms with Crippen molar-refractivity contribution in [2.45, 2.75) is 19.8 Å². The van der Waals surface area contributed by atoms with Gasteiger partial charge < -0.3 is 0 Å². The summed E-state index contributed by atoms with van der Waals surface area (Å²) in [5.41, 5.74) is 0.780. The first-order valence-electron chi connectivity index (χ1n) is 3.67. The smallest absolute Gasteiger partial charge is 0.141 e. The van der Waals surface area contributed by atoms with E-state index in [1.165, 1.54) is 0 Å². The van der Waals surface area contributed by atoms with E-state index < -0.39 is 0 Å². The Morgan fingerprint density at radius 2 is 2.00 bits per heavy atom. The van der Waals surface area contributed by atoms with Gasteiger partial charge in [0.2, 0.25) is 0 Å². The minimum absolute atomic E-state index is 0.0972. The van der Waals surface area contributed by atoms with E-state index in [1.807, 2.05) is 48.6 Å². The zero-order chi connectivity index (χ0) is 9.30. The summed E-state index contributed by atoms with van der Waals surface area (Å²) in [4.78, 5) is 0. The van der Waals surface area contributed by atoms with Crippen molar-refractivity contribution in [3.05, 3.63) is 31.6 Å². The Balaban J connectivity index is 3.27. The molecule has 12 heavy (non-hydrogen) atoms. The molecule has 0 spiro atoms. The van der Waals surface area contributed by atoms with Gasteiger partial charge in [0, 0.05) is 4.47 Å². The van der Waals surface area contributed by atoms with Crippen LogP contribution in [0.15, 0.2) is 16.6 Å². The highest BCUT2D eigenvalue weighted by atomic mass is 127. The molecule has 1 aromatic rings. The molecule has 0 unspecified atom stereocenters. The first-order valence-corrected chi connectivity index (χ1v) is 5.54. The maximum Gasteiger partial charge on any atom is 0.141 e. The Hall–Kier alpha value is 0.360. The second-order valence-corrected chi connectivity index (χ2v) is 4.85. The van der Waals surface area contributed by atoms with Crippen LogP contribution in [0.3, 0.4) is 0 Å². The fraction of sp³-hybridized carbons (Fsp3) is 0.333. The zero-order valence-electron chi connectivity index (χ0n) is 6.87. The Labute approximate surface area is 93.8 Å². The summed E-state index contributed by atoms with van der Waals surface area (Å²) in [5, 5.41) is 0. The zero-order valence-corrected chi connectivity index (χ0v) is 10.6. The van der Waals surface area contributed by atoms with Crippen molar-refractivity contribution in [1.29, 1.82) is 0 Å². The topological polar surface area (TPSA) is 0 Å². The molecule has 0 aromatic heterocycles. The molecule has 0 aliphatic rings. The highest BCUT2D eigenvalue weighted by Crippen LogP contribution is 2.27. The van der Waals surface area contributed by atoms with Gasteiger partial charge in [-0.3, -0.25) is 0 Å². The van der Waals surface area contributed by atoms with Crippen molar-refractivity contribution in [3.8, 4) is 0 Å². The minimum atomic E-state index is -0.0972. The fourth-order valence-electron chi connectivity index (χ4n) is 0.987. The number of hydrogen-bond acceptors (Lipinski definition) is 0. The first kappa shape index (κ1) is 10.4. The lowest BCUT2D eigenvalue weighted by molar-refractivity contribution is 0.590. The third-order valence-corrected chi connectivity index (χ3v) is 4.14. The minimum Gasteiger partial charge on any atom is -0.205 e. The first-order chi connectivity index (χ1) is 5.54. The molecule has 0 aliphatic heterocycles. The average molecular weight is 343 g/mol. The highest BCUT2D eigenvalue weighted by molar-refractivity contribution is 14.1. The molecule has 0 heterocycles. The number of hydrogen-bond donors (Lipinski definition) is 0. The molecule has 0 N–H and O–H groups in total. The van der Waals surface area contributed by atoms with E-state index >= 15 is 0 Å². The van der Waals surface area contributed by atoms with Gasteiger partial charge in [0.15, 0.2) is 0 Å². The molecule has 0 saturated carbocycles. The Bertz CT molecular complexity index is 297. The van der Waals surface area contributed by atoms with E-state index in [1.54, 1.807) is 0 Å². The Morgan fingerprint density at radius 3 is 2.50 bits per heavy atom. The van der Waals surface area contributed by atoms with Gasteiger partial charge in [0.25, 0.3) is 0 Å². The molecule has 0 amide bonds. The van der Waals surface area contributed by atoms with Crippen LogP contribution in [0.25, 0.3) is 0 Å². The van der Waals surface area contributed by atoms with E-state index in [0.29, 0.717) is 3.57 Å². The molecule has 3 heteroatoms. The second-order valence-electron chi connectivity index (χ2n) is 2.92. The average Bonchev–Trinajstić information content (AvgIpc) is 2.00. The third kappa shape index (κ3) is 1.99. The Morgan fingerprint density at radius 1 is 1.42 bits per heavy atom. The van der Waals surface area contributed by atoms with Gasteiger partial charge in [-0.25, -0.2) is 4.39 Å². The molecular weight excluding hydrogens is 334 g/mol. The Kier molecular flexibility index (Phi) is 3.52. The van der Waals surface area contributed by atoms with Crippen molar-refractivity contribution in [1.82, 2.24) is 0 Å². The largest absolute Gasteiger partial charge is 0.205 e. The molecule has 0 bridgehead atoms. The number of benzene rings is 1. The van der Waals surface area contributed by atoms with E-state index in [2.05, 4.69) is 15.9 Å². The van der Waals surface area contributed by atoms with Crippen LogP contribution in [-0.2, 0) is 0 Å². The van der Waals surface area contributed by atoms with Crippen molar-refractivity contribution < 1.29 is 4.39 Å². The SMILES string of the molecule is CC(C)c1ccc(Br)c(I)c1F. The molecule has 0 nitrogen and oxygen atoms in total. The van der Waals surface area contributed by atoms with Crippen LogP contribution in [0.2, 0.25) is 0 Å². The number of rotatable bonds is 1.